The number of hydrogen-bond acceptors (Lipinski definition) is 4. The summed E-state index contributed by atoms with van der Waals surface area (Å²) >= 11 is 1.09. The number of hydrogen-bond donors (Lipinski definition) is 3. The second-order valence-corrected chi connectivity index (χ2v) is 5.01. The van der Waals surface area contributed by atoms with E-state index in [2.05, 4.69) is 5.32 Å². The van der Waals surface area contributed by atoms with Crippen molar-refractivity contribution in [2.45, 2.75) is 25.4 Å². The lowest BCUT2D eigenvalue weighted by molar-refractivity contribution is -0.133. The van der Waals surface area contributed by atoms with Crippen molar-refractivity contribution < 1.29 is 19.8 Å². The fourth-order valence-electron chi connectivity index (χ4n) is 1.77. The Morgan fingerprint density at radius 3 is 2.62 bits per heavy atom. The summed E-state index contributed by atoms with van der Waals surface area (Å²) < 4.78 is 0. The normalized spacial score (nSPS) is 24.3. The summed E-state index contributed by atoms with van der Waals surface area (Å²) in [5.41, 5.74) is 0. The van der Waals surface area contributed by atoms with Gasteiger partial charge in [0.25, 0.3) is 0 Å². The van der Waals surface area contributed by atoms with Gasteiger partial charge in [0.1, 0.15) is 0 Å². The number of thioether (sulfide) groups is 1. The molecule has 1 rings (SSSR count). The van der Waals surface area contributed by atoms with Crippen LogP contribution in [0.3, 0.4) is 0 Å². The molecule has 1 fully saturated rings. The Labute approximate surface area is 98.6 Å². The number of rotatable bonds is 6. The molecule has 0 aliphatic heterocycles. The van der Waals surface area contributed by atoms with Crippen LogP contribution in [0.5, 0.6) is 0 Å². The van der Waals surface area contributed by atoms with Gasteiger partial charge in [-0.25, -0.2) is 0 Å². The minimum atomic E-state index is -0.906. The summed E-state index contributed by atoms with van der Waals surface area (Å²) in [5.74, 6) is -0.537. The summed E-state index contributed by atoms with van der Waals surface area (Å²) in [5, 5.41) is 20.4. The van der Waals surface area contributed by atoms with E-state index in [-0.39, 0.29) is 23.5 Å². The highest BCUT2D eigenvalue weighted by Gasteiger charge is 2.22. The standard InChI is InChI=1S/C10H17NO4S/c12-8-2-1-7(3-8)4-11-9(13)5-16-6-10(14)15/h7-8,12H,1-6H2,(H,11,13)(H,14,15). The fourth-order valence-corrected chi connectivity index (χ4v) is 2.34. The van der Waals surface area contributed by atoms with Gasteiger partial charge in [-0.1, -0.05) is 0 Å². The van der Waals surface area contributed by atoms with Crippen molar-refractivity contribution in [2.24, 2.45) is 5.92 Å². The third kappa shape index (κ3) is 5.37. The molecule has 0 bridgehead atoms. The van der Waals surface area contributed by atoms with E-state index in [4.69, 9.17) is 5.11 Å². The number of nitrogens with one attached hydrogen (secondary N) is 1. The molecule has 1 saturated carbocycles. The van der Waals surface area contributed by atoms with Gasteiger partial charge in [-0.15, -0.1) is 11.8 Å². The zero-order valence-electron chi connectivity index (χ0n) is 9.02. The fraction of sp³-hybridized carbons (Fsp3) is 0.800. The smallest absolute Gasteiger partial charge is 0.313 e. The number of aliphatic carboxylic acids is 1. The van der Waals surface area contributed by atoms with E-state index in [9.17, 15) is 14.7 Å². The highest BCUT2D eigenvalue weighted by atomic mass is 32.2. The van der Waals surface area contributed by atoms with Crippen molar-refractivity contribution in [3.05, 3.63) is 0 Å². The molecule has 1 aliphatic carbocycles. The molecule has 0 saturated heterocycles. The maximum Gasteiger partial charge on any atom is 0.313 e. The highest BCUT2D eigenvalue weighted by Crippen LogP contribution is 2.24. The predicted molar refractivity (Wildman–Crippen MR) is 61.3 cm³/mol. The Balaban J connectivity index is 2.04. The molecular weight excluding hydrogens is 230 g/mol. The topological polar surface area (TPSA) is 86.6 Å². The van der Waals surface area contributed by atoms with Crippen LogP contribution in [0.25, 0.3) is 0 Å². The van der Waals surface area contributed by atoms with Crippen molar-refractivity contribution in [1.29, 1.82) is 0 Å². The number of carboxylic acid groups (broad SMARTS) is 1. The van der Waals surface area contributed by atoms with Crippen LogP contribution in [0.1, 0.15) is 19.3 Å². The third-order valence-electron chi connectivity index (χ3n) is 2.56. The first-order chi connectivity index (χ1) is 7.58. The van der Waals surface area contributed by atoms with Crippen molar-refractivity contribution in [3.8, 4) is 0 Å². The van der Waals surface area contributed by atoms with Crippen LogP contribution < -0.4 is 5.32 Å². The monoisotopic (exact) mass is 247 g/mol. The molecule has 16 heavy (non-hydrogen) atoms. The van der Waals surface area contributed by atoms with E-state index < -0.39 is 5.97 Å². The molecule has 0 aromatic carbocycles. The molecule has 0 heterocycles. The first-order valence-corrected chi connectivity index (χ1v) is 6.47. The summed E-state index contributed by atoms with van der Waals surface area (Å²) in [6, 6.07) is 0. The Kier molecular flexibility index (Phi) is 5.62. The van der Waals surface area contributed by atoms with Crippen molar-refractivity contribution >= 4 is 23.6 Å². The molecule has 2 unspecified atom stereocenters. The van der Waals surface area contributed by atoms with Crippen LogP contribution in [0.15, 0.2) is 0 Å². The molecule has 92 valence electrons. The number of aliphatic hydroxyl groups excluding tert-OH is 1. The Hall–Kier alpha value is -0.750. The summed E-state index contributed by atoms with van der Waals surface area (Å²) in [6.07, 6.45) is 2.30. The van der Waals surface area contributed by atoms with Gasteiger partial charge in [0.2, 0.25) is 5.91 Å². The minimum Gasteiger partial charge on any atom is -0.481 e. The zero-order valence-corrected chi connectivity index (χ0v) is 9.83. The van der Waals surface area contributed by atoms with Gasteiger partial charge in [0.15, 0.2) is 0 Å². The molecule has 0 radical (unpaired) electrons. The van der Waals surface area contributed by atoms with E-state index in [1.165, 1.54) is 0 Å². The molecule has 3 N–H and O–H groups in total. The van der Waals surface area contributed by atoms with Crippen LogP contribution in [0.4, 0.5) is 0 Å². The van der Waals surface area contributed by atoms with Gasteiger partial charge in [0, 0.05) is 6.54 Å². The number of amides is 1. The predicted octanol–water partition coefficient (Wildman–Crippen LogP) is 0.0814. The summed E-state index contributed by atoms with van der Waals surface area (Å²) in [4.78, 5) is 21.5. The van der Waals surface area contributed by atoms with Crippen LogP contribution in [-0.4, -0.2) is 46.2 Å². The lowest BCUT2D eigenvalue weighted by atomic mass is 10.1. The molecule has 0 spiro atoms. The largest absolute Gasteiger partial charge is 0.481 e. The number of aliphatic hydroxyl groups is 1. The molecular formula is C10H17NO4S. The Morgan fingerprint density at radius 2 is 2.06 bits per heavy atom. The molecule has 1 amide bonds. The second kappa shape index (κ2) is 6.75. The lowest BCUT2D eigenvalue weighted by Crippen LogP contribution is -2.30. The van der Waals surface area contributed by atoms with E-state index in [0.717, 1.165) is 31.0 Å². The maximum atomic E-state index is 11.3. The molecule has 1 aliphatic rings. The average molecular weight is 247 g/mol. The highest BCUT2D eigenvalue weighted by molar-refractivity contribution is 8.00. The maximum absolute atomic E-state index is 11.3. The van der Waals surface area contributed by atoms with Crippen molar-refractivity contribution in [2.75, 3.05) is 18.1 Å². The summed E-state index contributed by atoms with van der Waals surface area (Å²) in [6.45, 7) is 0.587. The van der Waals surface area contributed by atoms with Gasteiger partial charge < -0.3 is 15.5 Å². The molecule has 0 aromatic heterocycles. The van der Waals surface area contributed by atoms with E-state index in [0.29, 0.717) is 12.5 Å². The van der Waals surface area contributed by atoms with Crippen molar-refractivity contribution in [3.63, 3.8) is 0 Å². The SMILES string of the molecule is O=C(O)CSCC(=O)NCC1CCC(O)C1. The second-order valence-electron chi connectivity index (χ2n) is 4.02. The lowest BCUT2D eigenvalue weighted by Gasteiger charge is -2.10. The molecule has 6 heteroatoms. The van der Waals surface area contributed by atoms with Gasteiger partial charge in [-0.3, -0.25) is 9.59 Å². The zero-order chi connectivity index (χ0) is 12.0. The van der Waals surface area contributed by atoms with Gasteiger partial charge in [0.05, 0.1) is 17.6 Å². The van der Waals surface area contributed by atoms with E-state index >= 15 is 0 Å². The molecule has 2 atom stereocenters. The van der Waals surface area contributed by atoms with E-state index in [1.54, 1.807) is 0 Å². The van der Waals surface area contributed by atoms with Gasteiger partial charge in [-0.05, 0) is 25.2 Å². The van der Waals surface area contributed by atoms with Crippen LogP contribution >= 0.6 is 11.8 Å². The van der Waals surface area contributed by atoms with Crippen LogP contribution in [0.2, 0.25) is 0 Å². The van der Waals surface area contributed by atoms with Gasteiger partial charge in [-0.2, -0.15) is 0 Å². The number of carboxylic acids is 1. The van der Waals surface area contributed by atoms with Crippen molar-refractivity contribution in [1.82, 2.24) is 5.32 Å². The number of carbonyl (C=O) groups is 2. The van der Waals surface area contributed by atoms with Gasteiger partial charge >= 0.3 is 5.97 Å². The summed E-state index contributed by atoms with van der Waals surface area (Å²) in [7, 11) is 0. The molecule has 5 nitrogen and oxygen atoms in total. The molecule has 0 aromatic rings. The number of carbonyl (C=O) groups excluding carboxylic acids is 1. The average Bonchev–Trinajstić information content (AvgIpc) is 2.61. The Morgan fingerprint density at radius 1 is 1.31 bits per heavy atom. The first kappa shape index (κ1) is 13.3. The van der Waals surface area contributed by atoms with Crippen LogP contribution in [-0.2, 0) is 9.59 Å². The third-order valence-corrected chi connectivity index (χ3v) is 3.48. The first-order valence-electron chi connectivity index (χ1n) is 5.32. The minimum absolute atomic E-state index is 0.0461. The Bertz CT molecular complexity index is 259. The quantitative estimate of drug-likeness (QED) is 0.619. The van der Waals surface area contributed by atoms with E-state index in [1.807, 2.05) is 0 Å². The van der Waals surface area contributed by atoms with Crippen LogP contribution in [0, 0.1) is 5.92 Å².